The Labute approximate surface area is 214 Å². The van der Waals surface area contributed by atoms with Crippen molar-refractivity contribution in [2.45, 2.75) is 20.8 Å². The Morgan fingerprint density at radius 3 is 2.32 bits per heavy atom. The molecule has 0 amide bonds. The van der Waals surface area contributed by atoms with Crippen LogP contribution < -0.4 is 10.2 Å². The van der Waals surface area contributed by atoms with Crippen LogP contribution in [0.5, 0.6) is 0 Å². The molecule has 1 saturated heterocycles. The number of anilines is 3. The molecule has 0 unspecified atom stereocenters. The number of hydrogen-bond donors (Lipinski definition) is 1. The van der Waals surface area contributed by atoms with E-state index in [9.17, 15) is 0 Å². The van der Waals surface area contributed by atoms with E-state index in [-0.39, 0.29) is 0 Å². The summed E-state index contributed by atoms with van der Waals surface area (Å²) in [4.78, 5) is 12.0. The van der Waals surface area contributed by atoms with Gasteiger partial charge in [-0.05, 0) is 51.1 Å². The van der Waals surface area contributed by atoms with Gasteiger partial charge in [-0.2, -0.15) is 10.1 Å². The fraction of sp³-hybridized carbons (Fsp3) is 0.296. The average molecular weight is 496 g/mol. The van der Waals surface area contributed by atoms with Crippen molar-refractivity contribution in [1.29, 1.82) is 0 Å². The minimum atomic E-state index is 0.667. The SMILES string of the molecule is Cc1nn(C)c2cc(-c3cc(Nc4ccc(-n5c(C)nnc5C)cc4)nc(N4CCOCC4)n3)ccc12. The molecule has 1 aliphatic rings. The molecule has 10 nitrogen and oxygen atoms in total. The summed E-state index contributed by atoms with van der Waals surface area (Å²) >= 11 is 0. The van der Waals surface area contributed by atoms with Crippen LogP contribution in [0.3, 0.4) is 0 Å². The second-order valence-corrected chi connectivity index (χ2v) is 9.28. The van der Waals surface area contributed by atoms with Gasteiger partial charge >= 0.3 is 0 Å². The summed E-state index contributed by atoms with van der Waals surface area (Å²) in [5.74, 6) is 3.14. The summed E-state index contributed by atoms with van der Waals surface area (Å²) in [6.45, 7) is 8.78. The van der Waals surface area contributed by atoms with Crippen LogP contribution in [0.1, 0.15) is 17.3 Å². The normalized spacial score (nSPS) is 13.9. The van der Waals surface area contributed by atoms with Crippen molar-refractivity contribution in [3.05, 3.63) is 65.9 Å². The van der Waals surface area contributed by atoms with Gasteiger partial charge in [0.15, 0.2) is 0 Å². The molecule has 1 fully saturated rings. The third-order valence-corrected chi connectivity index (χ3v) is 6.72. The average Bonchev–Trinajstić information content (AvgIpc) is 3.41. The lowest BCUT2D eigenvalue weighted by Gasteiger charge is -2.27. The summed E-state index contributed by atoms with van der Waals surface area (Å²) in [6, 6.07) is 16.5. The van der Waals surface area contributed by atoms with Gasteiger partial charge in [0.05, 0.1) is 30.1 Å². The van der Waals surface area contributed by atoms with E-state index >= 15 is 0 Å². The van der Waals surface area contributed by atoms with Crippen LogP contribution in [0.15, 0.2) is 48.5 Å². The predicted molar refractivity (Wildman–Crippen MR) is 144 cm³/mol. The van der Waals surface area contributed by atoms with E-state index in [1.54, 1.807) is 0 Å². The largest absolute Gasteiger partial charge is 0.378 e. The second-order valence-electron chi connectivity index (χ2n) is 9.28. The van der Waals surface area contributed by atoms with E-state index in [0.717, 1.165) is 69.8 Å². The molecule has 0 saturated carbocycles. The highest BCUT2D eigenvalue weighted by Crippen LogP contribution is 2.29. The van der Waals surface area contributed by atoms with Crippen molar-refractivity contribution in [3.63, 3.8) is 0 Å². The Balaban J connectivity index is 1.36. The first-order chi connectivity index (χ1) is 18.0. The van der Waals surface area contributed by atoms with Crippen LogP contribution in [0, 0.1) is 20.8 Å². The maximum Gasteiger partial charge on any atom is 0.228 e. The van der Waals surface area contributed by atoms with Crippen molar-refractivity contribution < 1.29 is 4.74 Å². The van der Waals surface area contributed by atoms with Crippen molar-refractivity contribution in [3.8, 4) is 16.9 Å². The number of nitrogens with zero attached hydrogens (tertiary/aromatic N) is 8. The summed E-state index contributed by atoms with van der Waals surface area (Å²) in [5, 5.41) is 17.5. The number of rotatable bonds is 5. The third-order valence-electron chi connectivity index (χ3n) is 6.72. The zero-order chi connectivity index (χ0) is 25.5. The Bertz CT molecular complexity index is 1560. The van der Waals surface area contributed by atoms with Gasteiger partial charge in [-0.1, -0.05) is 12.1 Å². The van der Waals surface area contributed by atoms with Crippen molar-refractivity contribution in [2.24, 2.45) is 7.05 Å². The van der Waals surface area contributed by atoms with Gasteiger partial charge in [0.2, 0.25) is 5.95 Å². The molecule has 1 aliphatic heterocycles. The van der Waals surface area contributed by atoms with E-state index in [1.807, 2.05) is 55.3 Å². The van der Waals surface area contributed by atoms with Gasteiger partial charge in [-0.3, -0.25) is 9.25 Å². The fourth-order valence-corrected chi connectivity index (χ4v) is 4.83. The fourth-order valence-electron chi connectivity index (χ4n) is 4.83. The summed E-state index contributed by atoms with van der Waals surface area (Å²) in [6.07, 6.45) is 0. The Morgan fingerprint density at radius 1 is 0.865 bits per heavy atom. The standard InChI is InChI=1S/C27H29N9O/c1-17-23-10-5-20(15-25(23)34(4)33-17)24-16-26(30-27(29-24)35-11-13-37-14-12-35)28-21-6-8-22(9-7-21)36-18(2)31-32-19(36)3/h5-10,15-16H,11-14H2,1-4H3,(H,28,29,30). The number of ether oxygens (including phenoxy) is 1. The monoisotopic (exact) mass is 495 g/mol. The molecule has 5 aromatic rings. The molecule has 0 radical (unpaired) electrons. The van der Waals surface area contributed by atoms with Crippen molar-refractivity contribution in [2.75, 3.05) is 36.5 Å². The second kappa shape index (κ2) is 9.29. The van der Waals surface area contributed by atoms with E-state index in [1.165, 1.54) is 0 Å². The number of aryl methyl sites for hydroxylation is 4. The molecule has 188 valence electrons. The zero-order valence-corrected chi connectivity index (χ0v) is 21.4. The van der Waals surface area contributed by atoms with Gasteiger partial charge in [0.1, 0.15) is 17.5 Å². The first kappa shape index (κ1) is 23.1. The van der Waals surface area contributed by atoms with Crippen molar-refractivity contribution in [1.82, 2.24) is 34.5 Å². The van der Waals surface area contributed by atoms with E-state index in [0.29, 0.717) is 19.2 Å². The third kappa shape index (κ3) is 4.40. The van der Waals surface area contributed by atoms with Crippen LogP contribution in [0.25, 0.3) is 27.8 Å². The molecule has 0 aliphatic carbocycles. The number of fused-ring (bicyclic) bond motifs is 1. The van der Waals surface area contributed by atoms with Gasteiger partial charge in [-0.15, -0.1) is 10.2 Å². The highest BCUT2D eigenvalue weighted by atomic mass is 16.5. The quantitative estimate of drug-likeness (QED) is 0.389. The lowest BCUT2D eigenvalue weighted by molar-refractivity contribution is 0.122. The maximum atomic E-state index is 5.55. The lowest BCUT2D eigenvalue weighted by Crippen LogP contribution is -2.37. The zero-order valence-electron chi connectivity index (χ0n) is 21.4. The molecule has 4 heterocycles. The van der Waals surface area contributed by atoms with Crippen molar-refractivity contribution >= 4 is 28.4 Å². The number of morpholine rings is 1. The maximum absolute atomic E-state index is 5.55. The summed E-state index contributed by atoms with van der Waals surface area (Å²) in [7, 11) is 1.97. The molecular formula is C27H29N9O. The predicted octanol–water partition coefficient (Wildman–Crippen LogP) is 4.12. The van der Waals surface area contributed by atoms with Gasteiger partial charge in [0, 0.05) is 48.5 Å². The lowest BCUT2D eigenvalue weighted by atomic mass is 10.1. The molecule has 1 N–H and O–H groups in total. The molecule has 6 rings (SSSR count). The van der Waals surface area contributed by atoms with E-state index < -0.39 is 0 Å². The number of aromatic nitrogens is 7. The molecule has 3 aromatic heterocycles. The Morgan fingerprint density at radius 2 is 1.59 bits per heavy atom. The number of hydrogen-bond acceptors (Lipinski definition) is 8. The summed E-state index contributed by atoms with van der Waals surface area (Å²) < 4.78 is 9.49. The highest BCUT2D eigenvalue weighted by molar-refractivity contribution is 5.86. The highest BCUT2D eigenvalue weighted by Gasteiger charge is 2.17. The molecular weight excluding hydrogens is 466 g/mol. The summed E-state index contributed by atoms with van der Waals surface area (Å²) in [5.41, 5.74) is 5.91. The van der Waals surface area contributed by atoms with Crippen LogP contribution in [-0.2, 0) is 11.8 Å². The van der Waals surface area contributed by atoms with Gasteiger partial charge in [0.25, 0.3) is 0 Å². The van der Waals surface area contributed by atoms with Crippen LogP contribution in [0.2, 0.25) is 0 Å². The van der Waals surface area contributed by atoms with Gasteiger partial charge < -0.3 is 15.0 Å². The molecule has 10 heteroatoms. The Kier molecular flexibility index (Phi) is 5.80. The molecule has 0 bridgehead atoms. The first-order valence-electron chi connectivity index (χ1n) is 12.4. The number of nitrogens with one attached hydrogen (secondary N) is 1. The minimum Gasteiger partial charge on any atom is -0.378 e. The molecule has 37 heavy (non-hydrogen) atoms. The minimum absolute atomic E-state index is 0.667. The molecule has 2 aromatic carbocycles. The van der Waals surface area contributed by atoms with Crippen LogP contribution >= 0.6 is 0 Å². The van der Waals surface area contributed by atoms with Crippen LogP contribution in [0.4, 0.5) is 17.5 Å². The van der Waals surface area contributed by atoms with E-state index in [2.05, 4.69) is 55.8 Å². The number of benzene rings is 2. The Hall–Kier alpha value is -4.31. The topological polar surface area (TPSA) is 98.8 Å². The molecule has 0 atom stereocenters. The van der Waals surface area contributed by atoms with Crippen LogP contribution in [-0.4, -0.2) is 60.8 Å². The smallest absolute Gasteiger partial charge is 0.228 e. The van der Waals surface area contributed by atoms with E-state index in [4.69, 9.17) is 14.7 Å². The first-order valence-corrected chi connectivity index (χ1v) is 12.4. The van der Waals surface area contributed by atoms with Gasteiger partial charge in [-0.25, -0.2) is 4.98 Å². The molecule has 0 spiro atoms.